The summed E-state index contributed by atoms with van der Waals surface area (Å²) in [6, 6.07) is 6.34. The van der Waals surface area contributed by atoms with Gasteiger partial charge in [-0.15, -0.1) is 0 Å². The van der Waals surface area contributed by atoms with Gasteiger partial charge in [-0.25, -0.2) is 4.98 Å². The van der Waals surface area contributed by atoms with Crippen molar-refractivity contribution >= 4 is 11.7 Å². The minimum atomic E-state index is 0.0766. The first-order valence-corrected chi connectivity index (χ1v) is 10.6. The van der Waals surface area contributed by atoms with Crippen LogP contribution in [0, 0.1) is 12.8 Å². The van der Waals surface area contributed by atoms with Crippen LogP contribution in [-0.4, -0.2) is 58.0 Å². The summed E-state index contributed by atoms with van der Waals surface area (Å²) < 4.78 is 0. The Morgan fingerprint density at radius 1 is 1.07 bits per heavy atom. The van der Waals surface area contributed by atoms with Crippen LogP contribution in [0.1, 0.15) is 37.1 Å². The number of amides is 1. The molecule has 0 bridgehead atoms. The molecule has 2 aliphatic rings. The van der Waals surface area contributed by atoms with E-state index >= 15 is 0 Å². The molecule has 154 valence electrons. The molecule has 1 N–H and O–H groups in total. The van der Waals surface area contributed by atoms with E-state index in [1.165, 1.54) is 0 Å². The molecule has 2 aromatic rings. The smallest absolute Gasteiger partial charge is 0.224 e. The fourth-order valence-corrected chi connectivity index (χ4v) is 4.53. The molecule has 0 radical (unpaired) electrons. The topological polar surface area (TPSA) is 74.2 Å². The summed E-state index contributed by atoms with van der Waals surface area (Å²) in [6.45, 7) is 6.48. The molecule has 7 heteroatoms. The minimum absolute atomic E-state index is 0.0766. The number of carbonyl (C=O) groups is 1. The second-order valence-corrected chi connectivity index (χ2v) is 8.06. The normalized spacial score (nSPS) is 21.1. The van der Waals surface area contributed by atoms with E-state index in [1.807, 2.05) is 25.1 Å². The van der Waals surface area contributed by atoms with Gasteiger partial charge in [-0.1, -0.05) is 6.07 Å². The monoisotopic (exact) mass is 394 g/mol. The average Bonchev–Trinajstić information content (AvgIpc) is 2.79. The zero-order valence-electron chi connectivity index (χ0n) is 17.1. The van der Waals surface area contributed by atoms with Gasteiger partial charge in [-0.2, -0.15) is 0 Å². The maximum atomic E-state index is 12.7. The zero-order chi connectivity index (χ0) is 20.1. The van der Waals surface area contributed by atoms with E-state index in [4.69, 9.17) is 0 Å². The Morgan fingerprint density at radius 2 is 1.90 bits per heavy atom. The lowest BCUT2D eigenvalue weighted by atomic mass is 9.93. The van der Waals surface area contributed by atoms with Crippen LogP contribution in [-0.2, 0) is 11.3 Å². The second kappa shape index (κ2) is 9.31. The van der Waals surface area contributed by atoms with Gasteiger partial charge in [0.15, 0.2) is 0 Å². The Morgan fingerprint density at radius 3 is 2.66 bits per heavy atom. The number of pyridine rings is 1. The molecule has 2 aromatic heterocycles. The predicted octanol–water partition coefficient (Wildman–Crippen LogP) is 2.18. The zero-order valence-corrected chi connectivity index (χ0v) is 17.1. The molecule has 2 aliphatic heterocycles. The lowest BCUT2D eigenvalue weighted by molar-refractivity contribution is -0.127. The Kier molecular flexibility index (Phi) is 6.34. The number of carbonyl (C=O) groups excluding carboxylic acids is 1. The van der Waals surface area contributed by atoms with Gasteiger partial charge in [0, 0.05) is 44.3 Å². The first-order valence-electron chi connectivity index (χ1n) is 10.6. The number of hydrogen-bond acceptors (Lipinski definition) is 6. The standard InChI is InChI=1S/C22H30N6O/c1-17-21(25-11-10-23-17)27-13-7-20(8-14-27)28-12-4-5-18(16-28)22(29)26-15-19-6-2-3-9-24-19/h2-3,6,9-11,18,20H,4-5,7-8,12-16H2,1H3,(H,26,29)/t18-/m0/s1. The number of nitrogens with one attached hydrogen (secondary N) is 1. The number of anilines is 1. The molecule has 2 fully saturated rings. The Labute approximate surface area is 172 Å². The molecule has 0 spiro atoms. The van der Waals surface area contributed by atoms with E-state index in [0.717, 1.165) is 69.1 Å². The molecule has 4 heterocycles. The molecule has 2 saturated heterocycles. The number of nitrogens with zero attached hydrogens (tertiary/aromatic N) is 5. The highest BCUT2D eigenvalue weighted by Gasteiger charge is 2.32. The SMILES string of the molecule is Cc1nccnc1N1CCC(N2CCC[C@H](C(=O)NCc3ccccn3)C2)CC1. The van der Waals surface area contributed by atoms with E-state index in [9.17, 15) is 4.79 Å². The third kappa shape index (κ3) is 4.90. The van der Waals surface area contributed by atoms with Gasteiger partial charge < -0.3 is 10.2 Å². The number of piperidine rings is 2. The number of hydrogen-bond donors (Lipinski definition) is 1. The minimum Gasteiger partial charge on any atom is -0.355 e. The quantitative estimate of drug-likeness (QED) is 0.838. The molecule has 1 amide bonds. The van der Waals surface area contributed by atoms with Gasteiger partial charge in [0.1, 0.15) is 5.82 Å². The van der Waals surface area contributed by atoms with E-state index in [-0.39, 0.29) is 11.8 Å². The van der Waals surface area contributed by atoms with Crippen molar-refractivity contribution in [3.63, 3.8) is 0 Å². The molecule has 1 atom stereocenters. The van der Waals surface area contributed by atoms with Crippen LogP contribution in [0.4, 0.5) is 5.82 Å². The fourth-order valence-electron chi connectivity index (χ4n) is 4.53. The molecule has 0 aliphatic carbocycles. The fraction of sp³-hybridized carbons (Fsp3) is 0.545. The summed E-state index contributed by atoms with van der Waals surface area (Å²) in [6.07, 6.45) is 9.56. The highest BCUT2D eigenvalue weighted by atomic mass is 16.1. The number of aryl methyl sites for hydroxylation is 1. The average molecular weight is 395 g/mol. The predicted molar refractivity (Wildman–Crippen MR) is 112 cm³/mol. The van der Waals surface area contributed by atoms with Crippen LogP contribution in [0.25, 0.3) is 0 Å². The summed E-state index contributed by atoms with van der Waals surface area (Å²) in [5, 5.41) is 3.08. The first-order chi connectivity index (χ1) is 14.2. The van der Waals surface area contributed by atoms with Crippen molar-refractivity contribution in [1.82, 2.24) is 25.2 Å². The van der Waals surface area contributed by atoms with Crippen LogP contribution < -0.4 is 10.2 Å². The highest BCUT2D eigenvalue weighted by molar-refractivity contribution is 5.78. The first kappa shape index (κ1) is 19.8. The van der Waals surface area contributed by atoms with Gasteiger partial charge >= 0.3 is 0 Å². The summed E-state index contributed by atoms with van der Waals surface area (Å²) in [4.78, 5) is 30.7. The lowest BCUT2D eigenvalue weighted by Gasteiger charge is -2.42. The molecule has 29 heavy (non-hydrogen) atoms. The maximum Gasteiger partial charge on any atom is 0.224 e. The third-order valence-electron chi connectivity index (χ3n) is 6.13. The molecule has 4 rings (SSSR count). The van der Waals surface area contributed by atoms with Crippen molar-refractivity contribution in [2.45, 2.75) is 45.2 Å². The van der Waals surface area contributed by atoms with Crippen LogP contribution >= 0.6 is 0 Å². The van der Waals surface area contributed by atoms with Gasteiger partial charge in [0.05, 0.1) is 23.9 Å². The Hall–Kier alpha value is -2.54. The summed E-state index contributed by atoms with van der Waals surface area (Å²) in [5.41, 5.74) is 1.90. The van der Waals surface area contributed by atoms with Gasteiger partial charge in [0.2, 0.25) is 5.91 Å². The number of rotatable bonds is 5. The van der Waals surface area contributed by atoms with Crippen LogP contribution in [0.3, 0.4) is 0 Å². The Bertz CT molecular complexity index is 806. The van der Waals surface area contributed by atoms with Gasteiger partial charge in [-0.05, 0) is 51.3 Å². The van der Waals surface area contributed by atoms with Crippen molar-refractivity contribution in [1.29, 1.82) is 0 Å². The van der Waals surface area contributed by atoms with Crippen molar-refractivity contribution in [3.8, 4) is 0 Å². The maximum absolute atomic E-state index is 12.7. The van der Waals surface area contributed by atoms with Crippen LogP contribution in [0.2, 0.25) is 0 Å². The van der Waals surface area contributed by atoms with Crippen molar-refractivity contribution in [3.05, 3.63) is 48.2 Å². The number of aromatic nitrogens is 3. The van der Waals surface area contributed by atoms with Crippen LogP contribution in [0.5, 0.6) is 0 Å². The van der Waals surface area contributed by atoms with Gasteiger partial charge in [-0.3, -0.25) is 19.7 Å². The second-order valence-electron chi connectivity index (χ2n) is 8.06. The highest BCUT2D eigenvalue weighted by Crippen LogP contribution is 2.26. The summed E-state index contributed by atoms with van der Waals surface area (Å²) >= 11 is 0. The van der Waals surface area contributed by atoms with E-state index in [0.29, 0.717) is 12.6 Å². The molecule has 0 unspecified atom stereocenters. The van der Waals surface area contributed by atoms with Crippen molar-refractivity contribution in [2.75, 3.05) is 31.1 Å². The lowest BCUT2D eigenvalue weighted by Crippen LogP contribution is -2.51. The van der Waals surface area contributed by atoms with E-state index < -0.39 is 0 Å². The largest absolute Gasteiger partial charge is 0.355 e. The van der Waals surface area contributed by atoms with E-state index in [1.54, 1.807) is 18.6 Å². The van der Waals surface area contributed by atoms with Crippen molar-refractivity contribution in [2.24, 2.45) is 5.92 Å². The third-order valence-corrected chi connectivity index (χ3v) is 6.13. The summed E-state index contributed by atoms with van der Waals surface area (Å²) in [5.74, 6) is 1.25. The molecule has 0 aromatic carbocycles. The molecular formula is C22H30N6O. The van der Waals surface area contributed by atoms with Gasteiger partial charge in [0.25, 0.3) is 0 Å². The summed E-state index contributed by atoms with van der Waals surface area (Å²) in [7, 11) is 0. The van der Waals surface area contributed by atoms with Crippen molar-refractivity contribution < 1.29 is 4.79 Å². The molecule has 0 saturated carbocycles. The Balaban J connectivity index is 1.28. The van der Waals surface area contributed by atoms with Crippen LogP contribution in [0.15, 0.2) is 36.8 Å². The molecule has 7 nitrogen and oxygen atoms in total. The van der Waals surface area contributed by atoms with E-state index in [2.05, 4.69) is 30.1 Å². The molecular weight excluding hydrogens is 364 g/mol. The number of likely N-dealkylation sites (tertiary alicyclic amines) is 1.